The molecule has 0 unspecified atom stereocenters. The molecule has 0 aliphatic heterocycles. The van der Waals surface area contributed by atoms with Crippen molar-refractivity contribution in [2.24, 2.45) is 5.84 Å². The van der Waals surface area contributed by atoms with Crippen molar-refractivity contribution >= 4 is 17.8 Å². The van der Waals surface area contributed by atoms with Gasteiger partial charge in [-0.15, -0.1) is 0 Å². The molecule has 2 rings (SSSR count). The molecule has 1 fully saturated rings. The predicted molar refractivity (Wildman–Crippen MR) is 72.5 cm³/mol. The molecule has 1 aromatic rings. The highest BCUT2D eigenvalue weighted by Crippen LogP contribution is 2.37. The number of hydrogen-bond acceptors (Lipinski definition) is 7. The number of aromatic nitrogens is 3. The van der Waals surface area contributed by atoms with Gasteiger partial charge in [0.1, 0.15) is 0 Å². The maximum absolute atomic E-state index is 5.40. The van der Waals surface area contributed by atoms with Crippen molar-refractivity contribution in [1.29, 1.82) is 0 Å². The lowest BCUT2D eigenvalue weighted by molar-refractivity contribution is 0.783. The molecule has 0 spiro atoms. The summed E-state index contributed by atoms with van der Waals surface area (Å²) >= 11 is 0. The molecule has 18 heavy (non-hydrogen) atoms. The third kappa shape index (κ3) is 2.79. The Morgan fingerprint density at radius 3 is 2.28 bits per heavy atom. The van der Waals surface area contributed by atoms with E-state index in [1.807, 2.05) is 0 Å². The molecular formula is C11H21N7. The summed E-state index contributed by atoms with van der Waals surface area (Å²) in [6.45, 7) is 7.99. The summed E-state index contributed by atoms with van der Waals surface area (Å²) in [5.41, 5.74) is 2.62. The Labute approximate surface area is 107 Å². The van der Waals surface area contributed by atoms with Crippen molar-refractivity contribution in [3.63, 3.8) is 0 Å². The van der Waals surface area contributed by atoms with Crippen molar-refractivity contribution in [1.82, 2.24) is 15.0 Å². The van der Waals surface area contributed by atoms with Gasteiger partial charge in [-0.1, -0.05) is 0 Å². The third-order valence-corrected chi connectivity index (χ3v) is 3.21. The summed E-state index contributed by atoms with van der Waals surface area (Å²) < 4.78 is 0. The zero-order chi connectivity index (χ0) is 13.2. The molecular weight excluding hydrogens is 230 g/mol. The molecule has 7 nitrogen and oxygen atoms in total. The van der Waals surface area contributed by atoms with Crippen LogP contribution in [0, 0.1) is 0 Å². The van der Waals surface area contributed by atoms with Gasteiger partial charge < -0.3 is 10.2 Å². The van der Waals surface area contributed by atoms with Crippen LogP contribution in [0.3, 0.4) is 0 Å². The summed E-state index contributed by atoms with van der Waals surface area (Å²) in [6, 6.07) is 0. The fraction of sp³-hybridized carbons (Fsp3) is 0.727. The molecule has 100 valence electrons. The molecule has 1 saturated carbocycles. The lowest BCUT2D eigenvalue weighted by Crippen LogP contribution is -2.27. The first-order valence-electron chi connectivity index (χ1n) is 6.36. The fourth-order valence-electron chi connectivity index (χ4n) is 1.72. The van der Waals surface area contributed by atoms with Crippen LogP contribution in [0.4, 0.5) is 17.8 Å². The van der Waals surface area contributed by atoms with Crippen LogP contribution < -0.4 is 21.5 Å². The minimum atomic E-state index is 0.133. The number of hydrogen-bond donors (Lipinski definition) is 3. The van der Waals surface area contributed by atoms with Crippen molar-refractivity contribution in [3.8, 4) is 0 Å². The normalized spacial score (nSPS) is 16.2. The lowest BCUT2D eigenvalue weighted by Gasteiger charge is -2.20. The van der Waals surface area contributed by atoms with Gasteiger partial charge in [0.05, 0.1) is 0 Å². The molecule has 0 aromatic carbocycles. The van der Waals surface area contributed by atoms with E-state index in [1.165, 1.54) is 0 Å². The predicted octanol–water partition coefficient (Wildman–Crippen LogP) is 0.968. The molecule has 1 aromatic heterocycles. The van der Waals surface area contributed by atoms with E-state index in [1.54, 1.807) is 0 Å². The number of rotatable bonds is 6. The lowest BCUT2D eigenvalue weighted by atomic mass is 10.3. The van der Waals surface area contributed by atoms with Crippen LogP contribution in [0.15, 0.2) is 0 Å². The average molecular weight is 251 g/mol. The maximum atomic E-state index is 5.40. The molecule has 0 saturated heterocycles. The van der Waals surface area contributed by atoms with Crippen LogP contribution >= 0.6 is 0 Å². The molecule has 1 aliphatic carbocycles. The maximum Gasteiger partial charge on any atom is 0.243 e. The van der Waals surface area contributed by atoms with E-state index in [-0.39, 0.29) is 5.54 Å². The minimum Gasteiger partial charge on any atom is -0.349 e. The second-order valence-corrected chi connectivity index (χ2v) is 4.78. The van der Waals surface area contributed by atoms with Crippen molar-refractivity contribution < 1.29 is 0 Å². The van der Waals surface area contributed by atoms with E-state index in [0.29, 0.717) is 17.8 Å². The molecule has 0 atom stereocenters. The second-order valence-electron chi connectivity index (χ2n) is 4.78. The smallest absolute Gasteiger partial charge is 0.243 e. The SMILES string of the molecule is CCN(CC)c1nc(NN)nc(NC2(C)CC2)n1. The van der Waals surface area contributed by atoms with Crippen molar-refractivity contribution in [2.45, 2.75) is 39.2 Å². The topological polar surface area (TPSA) is 92.0 Å². The first-order chi connectivity index (χ1) is 8.60. The number of nitrogen functional groups attached to an aromatic ring is 1. The van der Waals surface area contributed by atoms with E-state index < -0.39 is 0 Å². The summed E-state index contributed by atoms with van der Waals surface area (Å²) in [5, 5.41) is 3.33. The van der Waals surface area contributed by atoms with Gasteiger partial charge in [-0.3, -0.25) is 5.43 Å². The van der Waals surface area contributed by atoms with E-state index in [9.17, 15) is 0 Å². The monoisotopic (exact) mass is 251 g/mol. The molecule has 4 N–H and O–H groups in total. The zero-order valence-corrected chi connectivity index (χ0v) is 11.2. The van der Waals surface area contributed by atoms with Crippen LogP contribution in [0.25, 0.3) is 0 Å². The zero-order valence-electron chi connectivity index (χ0n) is 11.2. The van der Waals surface area contributed by atoms with Crippen molar-refractivity contribution in [3.05, 3.63) is 0 Å². The first kappa shape index (κ1) is 12.8. The Bertz CT molecular complexity index is 412. The minimum absolute atomic E-state index is 0.133. The number of anilines is 3. The summed E-state index contributed by atoms with van der Waals surface area (Å²) in [4.78, 5) is 15.0. The van der Waals surface area contributed by atoms with Crippen LogP contribution in [-0.4, -0.2) is 33.6 Å². The van der Waals surface area contributed by atoms with Gasteiger partial charge in [-0.05, 0) is 33.6 Å². The number of hydrazine groups is 1. The van der Waals surface area contributed by atoms with E-state index in [4.69, 9.17) is 5.84 Å². The number of nitrogens with one attached hydrogen (secondary N) is 2. The first-order valence-corrected chi connectivity index (χ1v) is 6.36. The highest BCUT2D eigenvalue weighted by molar-refractivity contribution is 5.45. The van der Waals surface area contributed by atoms with Crippen LogP contribution in [0.1, 0.15) is 33.6 Å². The number of nitrogens with zero attached hydrogens (tertiary/aromatic N) is 4. The summed E-state index contributed by atoms with van der Waals surface area (Å²) in [6.07, 6.45) is 2.29. The van der Waals surface area contributed by atoms with Gasteiger partial charge in [0.2, 0.25) is 17.8 Å². The Kier molecular flexibility index (Phi) is 3.51. The summed E-state index contributed by atoms with van der Waals surface area (Å²) in [7, 11) is 0. The molecule has 0 amide bonds. The molecule has 0 bridgehead atoms. The highest BCUT2D eigenvalue weighted by atomic mass is 15.4. The Morgan fingerprint density at radius 1 is 1.17 bits per heavy atom. The van der Waals surface area contributed by atoms with E-state index in [0.717, 1.165) is 25.9 Å². The average Bonchev–Trinajstić information content (AvgIpc) is 3.08. The standard InChI is InChI=1S/C11H21N7/c1-4-18(5-2)10-14-8(13-9(15-10)17-12)16-11(3)6-7-11/h4-7,12H2,1-3H3,(H2,13,14,15,16,17). The Hall–Kier alpha value is -1.63. The Morgan fingerprint density at radius 2 is 1.78 bits per heavy atom. The van der Waals surface area contributed by atoms with E-state index >= 15 is 0 Å². The van der Waals surface area contributed by atoms with Gasteiger partial charge in [0, 0.05) is 18.6 Å². The quantitative estimate of drug-likeness (QED) is 0.512. The molecule has 7 heteroatoms. The van der Waals surface area contributed by atoms with Gasteiger partial charge in [0.25, 0.3) is 0 Å². The summed E-state index contributed by atoms with van der Waals surface area (Å²) in [5.74, 6) is 7.02. The Balaban J connectivity index is 2.26. The number of nitrogens with two attached hydrogens (primary N) is 1. The van der Waals surface area contributed by atoms with Crippen LogP contribution in [0.2, 0.25) is 0 Å². The van der Waals surface area contributed by atoms with Gasteiger partial charge in [0.15, 0.2) is 0 Å². The molecule has 1 aliphatic rings. The van der Waals surface area contributed by atoms with E-state index in [2.05, 4.69) is 51.4 Å². The largest absolute Gasteiger partial charge is 0.349 e. The van der Waals surface area contributed by atoms with Crippen LogP contribution in [-0.2, 0) is 0 Å². The van der Waals surface area contributed by atoms with Gasteiger partial charge >= 0.3 is 0 Å². The van der Waals surface area contributed by atoms with Gasteiger partial charge in [-0.25, -0.2) is 5.84 Å². The van der Waals surface area contributed by atoms with Crippen LogP contribution in [0.5, 0.6) is 0 Å². The molecule has 0 radical (unpaired) electrons. The fourth-order valence-corrected chi connectivity index (χ4v) is 1.72. The second kappa shape index (κ2) is 4.93. The van der Waals surface area contributed by atoms with Crippen molar-refractivity contribution in [2.75, 3.05) is 28.7 Å². The highest BCUT2D eigenvalue weighted by Gasteiger charge is 2.38. The van der Waals surface area contributed by atoms with Gasteiger partial charge in [-0.2, -0.15) is 15.0 Å². The molecule has 1 heterocycles. The third-order valence-electron chi connectivity index (χ3n) is 3.21.